The Hall–Kier alpha value is -1.58. The van der Waals surface area contributed by atoms with E-state index in [2.05, 4.69) is 10.3 Å². The topological polar surface area (TPSA) is 42.0 Å². The minimum Gasteiger partial charge on any atom is -0.352 e. The normalized spacial score (nSPS) is 10.2. The number of nitrogens with one attached hydrogen (secondary N) is 1. The maximum Gasteiger partial charge on any atom is 0.251 e. The van der Waals surface area contributed by atoms with E-state index < -0.39 is 0 Å². The SMILES string of the molecule is O=C(NCCc1ccccn1)c1ccc(Cl)c(Cl)c1. The minimum absolute atomic E-state index is 0.172. The summed E-state index contributed by atoms with van der Waals surface area (Å²) in [5.74, 6) is -0.172. The molecule has 0 aliphatic heterocycles. The van der Waals surface area contributed by atoms with Crippen LogP contribution in [-0.4, -0.2) is 17.4 Å². The molecule has 0 bridgehead atoms. The second-order valence-corrected chi connectivity index (χ2v) is 4.77. The van der Waals surface area contributed by atoms with Crippen LogP contribution >= 0.6 is 23.2 Å². The number of carbonyl (C=O) groups is 1. The van der Waals surface area contributed by atoms with E-state index in [1.807, 2.05) is 18.2 Å². The molecule has 5 heteroatoms. The van der Waals surface area contributed by atoms with Crippen molar-refractivity contribution in [3.05, 3.63) is 63.9 Å². The van der Waals surface area contributed by atoms with Crippen LogP contribution in [0.15, 0.2) is 42.6 Å². The fraction of sp³-hybridized carbons (Fsp3) is 0.143. The average molecular weight is 295 g/mol. The predicted octanol–water partition coefficient (Wildman–Crippen LogP) is 3.36. The van der Waals surface area contributed by atoms with Crippen molar-refractivity contribution in [2.75, 3.05) is 6.54 Å². The summed E-state index contributed by atoms with van der Waals surface area (Å²) >= 11 is 11.7. The maximum absolute atomic E-state index is 11.9. The summed E-state index contributed by atoms with van der Waals surface area (Å²) in [5.41, 5.74) is 1.44. The van der Waals surface area contributed by atoms with Gasteiger partial charge in [0.2, 0.25) is 0 Å². The Kier molecular flexibility index (Phi) is 4.77. The Morgan fingerprint density at radius 2 is 2.00 bits per heavy atom. The van der Waals surface area contributed by atoms with Crippen LogP contribution < -0.4 is 5.32 Å². The Balaban J connectivity index is 1.89. The van der Waals surface area contributed by atoms with Gasteiger partial charge in [0.25, 0.3) is 5.91 Å². The highest BCUT2D eigenvalue weighted by Gasteiger charge is 2.07. The van der Waals surface area contributed by atoms with Gasteiger partial charge in [-0.1, -0.05) is 29.3 Å². The van der Waals surface area contributed by atoms with E-state index in [4.69, 9.17) is 23.2 Å². The molecule has 0 radical (unpaired) electrons. The number of rotatable bonds is 4. The number of amides is 1. The molecule has 3 nitrogen and oxygen atoms in total. The molecule has 0 atom stereocenters. The number of nitrogens with zero attached hydrogens (tertiary/aromatic N) is 1. The molecule has 0 aliphatic rings. The second kappa shape index (κ2) is 6.55. The largest absolute Gasteiger partial charge is 0.352 e. The van der Waals surface area contributed by atoms with Gasteiger partial charge in [-0.05, 0) is 30.3 Å². The zero-order valence-electron chi connectivity index (χ0n) is 10.1. The molecule has 0 spiro atoms. The number of benzene rings is 1. The molecule has 0 saturated heterocycles. The smallest absolute Gasteiger partial charge is 0.251 e. The number of hydrogen-bond donors (Lipinski definition) is 1. The lowest BCUT2D eigenvalue weighted by molar-refractivity contribution is 0.0954. The third-order valence-electron chi connectivity index (χ3n) is 2.57. The number of pyridine rings is 1. The van der Waals surface area contributed by atoms with E-state index >= 15 is 0 Å². The van der Waals surface area contributed by atoms with Gasteiger partial charge in [-0.2, -0.15) is 0 Å². The van der Waals surface area contributed by atoms with Gasteiger partial charge in [-0.3, -0.25) is 9.78 Å². The summed E-state index contributed by atoms with van der Waals surface area (Å²) in [5, 5.41) is 3.62. The Morgan fingerprint density at radius 1 is 1.16 bits per heavy atom. The Labute approximate surface area is 121 Å². The third kappa shape index (κ3) is 3.94. The van der Waals surface area contributed by atoms with E-state index in [1.165, 1.54) is 0 Å². The molecule has 1 aromatic carbocycles. The van der Waals surface area contributed by atoms with Gasteiger partial charge >= 0.3 is 0 Å². The van der Waals surface area contributed by atoms with E-state index in [1.54, 1.807) is 24.4 Å². The highest BCUT2D eigenvalue weighted by molar-refractivity contribution is 6.42. The molecule has 2 rings (SSSR count). The molecule has 1 N–H and O–H groups in total. The first-order valence-electron chi connectivity index (χ1n) is 5.80. The van der Waals surface area contributed by atoms with Gasteiger partial charge < -0.3 is 5.32 Å². The van der Waals surface area contributed by atoms with E-state index in [0.717, 1.165) is 5.69 Å². The quantitative estimate of drug-likeness (QED) is 0.939. The van der Waals surface area contributed by atoms with Gasteiger partial charge in [-0.25, -0.2) is 0 Å². The van der Waals surface area contributed by atoms with Crippen molar-refractivity contribution in [2.45, 2.75) is 6.42 Å². The summed E-state index contributed by atoms with van der Waals surface area (Å²) in [6.45, 7) is 0.524. The number of hydrogen-bond acceptors (Lipinski definition) is 2. The zero-order valence-corrected chi connectivity index (χ0v) is 11.6. The van der Waals surface area contributed by atoms with Crippen molar-refractivity contribution in [2.24, 2.45) is 0 Å². The first kappa shape index (κ1) is 13.8. The van der Waals surface area contributed by atoms with Crippen molar-refractivity contribution in [1.82, 2.24) is 10.3 Å². The molecule has 1 amide bonds. The molecule has 98 valence electrons. The summed E-state index contributed by atoms with van der Waals surface area (Å²) in [6.07, 6.45) is 2.42. The lowest BCUT2D eigenvalue weighted by Gasteiger charge is -2.06. The molecule has 1 heterocycles. The monoisotopic (exact) mass is 294 g/mol. The Morgan fingerprint density at radius 3 is 2.68 bits per heavy atom. The lowest BCUT2D eigenvalue weighted by Crippen LogP contribution is -2.25. The first-order chi connectivity index (χ1) is 9.16. The van der Waals surface area contributed by atoms with Gasteiger partial charge in [0.05, 0.1) is 10.0 Å². The van der Waals surface area contributed by atoms with Crippen molar-refractivity contribution in [3.8, 4) is 0 Å². The maximum atomic E-state index is 11.9. The average Bonchev–Trinajstić information content (AvgIpc) is 2.43. The molecular formula is C14H12Cl2N2O. The zero-order chi connectivity index (χ0) is 13.7. The van der Waals surface area contributed by atoms with Crippen LogP contribution in [-0.2, 0) is 6.42 Å². The standard InChI is InChI=1S/C14H12Cl2N2O/c15-12-5-4-10(9-13(12)16)14(19)18-8-6-11-3-1-2-7-17-11/h1-5,7,9H,6,8H2,(H,18,19). The van der Waals surface area contributed by atoms with Crippen LogP contribution in [0.4, 0.5) is 0 Å². The van der Waals surface area contributed by atoms with Gasteiger partial charge in [0.15, 0.2) is 0 Å². The van der Waals surface area contributed by atoms with Crippen molar-refractivity contribution in [1.29, 1.82) is 0 Å². The fourth-order valence-electron chi connectivity index (χ4n) is 1.59. The molecule has 2 aromatic rings. The molecule has 1 aromatic heterocycles. The first-order valence-corrected chi connectivity index (χ1v) is 6.55. The minimum atomic E-state index is -0.172. The van der Waals surface area contributed by atoms with E-state index in [-0.39, 0.29) is 5.91 Å². The molecular weight excluding hydrogens is 283 g/mol. The summed E-state index contributed by atoms with van der Waals surface area (Å²) in [7, 11) is 0. The number of carbonyl (C=O) groups excluding carboxylic acids is 1. The van der Waals surface area contributed by atoms with Gasteiger partial charge in [0, 0.05) is 30.4 Å². The third-order valence-corrected chi connectivity index (χ3v) is 3.31. The van der Waals surface area contributed by atoms with Crippen LogP contribution in [0.2, 0.25) is 10.0 Å². The highest BCUT2D eigenvalue weighted by atomic mass is 35.5. The van der Waals surface area contributed by atoms with Crippen molar-refractivity contribution < 1.29 is 4.79 Å². The second-order valence-electron chi connectivity index (χ2n) is 3.96. The molecule has 0 saturated carbocycles. The van der Waals surface area contributed by atoms with Crippen LogP contribution in [0, 0.1) is 0 Å². The van der Waals surface area contributed by atoms with Crippen LogP contribution in [0.3, 0.4) is 0 Å². The predicted molar refractivity (Wildman–Crippen MR) is 76.7 cm³/mol. The van der Waals surface area contributed by atoms with Crippen LogP contribution in [0.5, 0.6) is 0 Å². The summed E-state index contributed by atoms with van der Waals surface area (Å²) in [4.78, 5) is 16.0. The lowest BCUT2D eigenvalue weighted by atomic mass is 10.2. The molecule has 0 fully saturated rings. The van der Waals surface area contributed by atoms with Crippen molar-refractivity contribution in [3.63, 3.8) is 0 Å². The summed E-state index contributed by atoms with van der Waals surface area (Å²) < 4.78 is 0. The summed E-state index contributed by atoms with van der Waals surface area (Å²) in [6, 6.07) is 10.5. The molecule has 19 heavy (non-hydrogen) atoms. The number of halogens is 2. The van der Waals surface area contributed by atoms with Gasteiger partial charge in [-0.15, -0.1) is 0 Å². The van der Waals surface area contributed by atoms with Gasteiger partial charge in [0.1, 0.15) is 0 Å². The van der Waals surface area contributed by atoms with Crippen LogP contribution in [0.1, 0.15) is 16.1 Å². The van der Waals surface area contributed by atoms with E-state index in [0.29, 0.717) is 28.6 Å². The fourth-order valence-corrected chi connectivity index (χ4v) is 1.89. The van der Waals surface area contributed by atoms with E-state index in [9.17, 15) is 4.79 Å². The Bertz CT molecular complexity index is 573. The number of aromatic nitrogens is 1. The molecule has 0 unspecified atom stereocenters. The highest BCUT2D eigenvalue weighted by Crippen LogP contribution is 2.22. The van der Waals surface area contributed by atoms with Crippen molar-refractivity contribution >= 4 is 29.1 Å². The van der Waals surface area contributed by atoms with Crippen LogP contribution in [0.25, 0.3) is 0 Å². The molecule has 0 aliphatic carbocycles.